The van der Waals surface area contributed by atoms with E-state index in [1.807, 2.05) is 0 Å². The molecule has 2 N–H and O–H groups in total. The lowest BCUT2D eigenvalue weighted by Gasteiger charge is -2.50. The molecule has 4 fully saturated rings. The number of primary sulfonamides is 1. The van der Waals surface area contributed by atoms with Crippen molar-refractivity contribution in [1.29, 1.82) is 0 Å². The van der Waals surface area contributed by atoms with Gasteiger partial charge in [-0.15, -0.1) is 0 Å². The second-order valence-electron chi connectivity index (χ2n) is 5.80. The minimum Gasteiger partial charge on any atom is -0.228 e. The summed E-state index contributed by atoms with van der Waals surface area (Å²) in [7, 11) is -3.34. The quantitative estimate of drug-likeness (QED) is 0.784. The van der Waals surface area contributed by atoms with Crippen LogP contribution in [-0.4, -0.2) is 13.2 Å². The average molecular weight is 229 g/mol. The van der Waals surface area contributed by atoms with Crippen LogP contribution < -0.4 is 5.14 Å². The van der Waals surface area contributed by atoms with Crippen LogP contribution in [0.2, 0.25) is 0 Å². The maximum Gasteiger partial charge on any atom is 0.215 e. The van der Waals surface area contributed by atoms with Crippen molar-refractivity contribution < 1.29 is 8.42 Å². The summed E-state index contributed by atoms with van der Waals surface area (Å²) in [4.78, 5) is 0. The first-order chi connectivity index (χ1) is 6.99. The van der Waals surface area contributed by atoms with Gasteiger partial charge in [-0.1, -0.05) is 0 Å². The van der Waals surface area contributed by atoms with E-state index < -0.39 is 14.8 Å². The van der Waals surface area contributed by atoms with Gasteiger partial charge in [0.1, 0.15) is 0 Å². The van der Waals surface area contributed by atoms with Gasteiger partial charge in [0.05, 0.1) is 4.75 Å². The highest BCUT2D eigenvalue weighted by molar-refractivity contribution is 7.90. The van der Waals surface area contributed by atoms with Crippen molar-refractivity contribution in [3.63, 3.8) is 0 Å². The van der Waals surface area contributed by atoms with Crippen molar-refractivity contribution in [2.45, 2.75) is 56.1 Å². The Balaban J connectivity index is 1.99. The molecule has 2 bridgehead atoms. The van der Waals surface area contributed by atoms with Gasteiger partial charge in [-0.05, 0) is 62.7 Å². The van der Waals surface area contributed by atoms with Gasteiger partial charge < -0.3 is 0 Å². The topological polar surface area (TPSA) is 60.2 Å². The molecule has 86 valence electrons. The largest absolute Gasteiger partial charge is 0.228 e. The van der Waals surface area contributed by atoms with Crippen LogP contribution in [0.15, 0.2) is 0 Å². The molecule has 0 atom stereocenters. The van der Waals surface area contributed by atoms with Gasteiger partial charge in [0.25, 0.3) is 0 Å². The molecule has 0 saturated heterocycles. The summed E-state index contributed by atoms with van der Waals surface area (Å²) in [5.41, 5.74) is 0.0648. The van der Waals surface area contributed by atoms with Gasteiger partial charge in [0.15, 0.2) is 0 Å². The van der Waals surface area contributed by atoms with Crippen LogP contribution in [0.1, 0.15) is 51.4 Å². The van der Waals surface area contributed by atoms with E-state index in [0.29, 0.717) is 0 Å². The molecular weight excluding hydrogens is 210 g/mol. The van der Waals surface area contributed by atoms with Crippen molar-refractivity contribution in [2.24, 2.45) is 16.5 Å². The molecule has 0 radical (unpaired) electrons. The summed E-state index contributed by atoms with van der Waals surface area (Å²) < 4.78 is 23.0. The van der Waals surface area contributed by atoms with Crippen molar-refractivity contribution in [1.82, 2.24) is 0 Å². The van der Waals surface area contributed by atoms with Crippen LogP contribution in [0.5, 0.6) is 0 Å². The molecule has 0 aromatic rings. The number of fused-ring (bicyclic) bond motifs is 3. The summed E-state index contributed by atoms with van der Waals surface area (Å²) >= 11 is 0. The second kappa shape index (κ2) is 2.77. The number of sulfonamides is 1. The van der Waals surface area contributed by atoms with E-state index >= 15 is 0 Å². The molecular formula is C11H19NO2S. The molecule has 4 saturated carbocycles. The van der Waals surface area contributed by atoms with E-state index in [0.717, 1.165) is 38.0 Å². The summed E-state index contributed by atoms with van der Waals surface area (Å²) in [5.74, 6) is 0.878. The van der Waals surface area contributed by atoms with Gasteiger partial charge in [-0.2, -0.15) is 0 Å². The van der Waals surface area contributed by atoms with Crippen LogP contribution in [-0.2, 0) is 10.0 Å². The minimum absolute atomic E-state index is 0.0648. The molecule has 0 heterocycles. The van der Waals surface area contributed by atoms with Gasteiger partial charge in [0, 0.05) is 0 Å². The van der Waals surface area contributed by atoms with Crippen LogP contribution in [0, 0.1) is 11.3 Å². The Morgan fingerprint density at radius 3 is 1.73 bits per heavy atom. The average Bonchev–Trinajstić information content (AvgIpc) is 3.00. The van der Waals surface area contributed by atoms with Crippen molar-refractivity contribution in [3.8, 4) is 0 Å². The Morgan fingerprint density at radius 2 is 1.40 bits per heavy atom. The fraction of sp³-hybridized carbons (Fsp3) is 1.00. The first-order valence-electron chi connectivity index (χ1n) is 6.02. The van der Waals surface area contributed by atoms with E-state index in [9.17, 15) is 8.42 Å². The zero-order valence-corrected chi connectivity index (χ0v) is 9.85. The fourth-order valence-corrected chi connectivity index (χ4v) is 5.74. The molecule has 0 unspecified atom stereocenters. The molecule has 0 aromatic heterocycles. The van der Waals surface area contributed by atoms with E-state index in [-0.39, 0.29) is 5.41 Å². The number of hydrogen-bond donors (Lipinski definition) is 1. The third-order valence-electron chi connectivity index (χ3n) is 5.31. The van der Waals surface area contributed by atoms with E-state index in [1.54, 1.807) is 0 Å². The van der Waals surface area contributed by atoms with E-state index in [4.69, 9.17) is 5.14 Å². The monoisotopic (exact) mass is 229 g/mol. The molecule has 0 aromatic carbocycles. The molecule has 3 nitrogen and oxygen atoms in total. The lowest BCUT2D eigenvalue weighted by atomic mass is 9.58. The molecule has 0 amide bonds. The Hall–Kier alpha value is -0.0900. The number of rotatable bonds is 2. The molecule has 0 spiro atoms. The lowest BCUT2D eigenvalue weighted by molar-refractivity contribution is 0.0528. The highest BCUT2D eigenvalue weighted by Gasteiger charge is 2.67. The summed E-state index contributed by atoms with van der Waals surface area (Å²) in [5, 5.41) is 5.46. The SMILES string of the molecule is NS(=O)(=O)C1(C23CCC(CC2)CC3)CC1. The molecule has 4 aliphatic rings. The van der Waals surface area contributed by atoms with Crippen LogP contribution in [0.4, 0.5) is 0 Å². The number of nitrogens with two attached hydrogens (primary N) is 1. The first kappa shape index (κ1) is 10.1. The van der Waals surface area contributed by atoms with Crippen LogP contribution in [0.3, 0.4) is 0 Å². The summed E-state index contributed by atoms with van der Waals surface area (Å²) in [6.45, 7) is 0. The van der Waals surface area contributed by atoms with Crippen molar-refractivity contribution in [2.75, 3.05) is 0 Å². The van der Waals surface area contributed by atoms with E-state index in [2.05, 4.69) is 0 Å². The maximum absolute atomic E-state index is 11.8. The highest BCUT2D eigenvalue weighted by Crippen LogP contribution is 2.66. The molecule has 4 rings (SSSR count). The minimum atomic E-state index is -3.34. The smallest absolute Gasteiger partial charge is 0.215 e. The molecule has 4 heteroatoms. The normalized spacial score (nSPS) is 42.9. The zero-order valence-electron chi connectivity index (χ0n) is 9.04. The van der Waals surface area contributed by atoms with Crippen LogP contribution in [0.25, 0.3) is 0 Å². The van der Waals surface area contributed by atoms with Gasteiger partial charge >= 0.3 is 0 Å². The molecule has 0 aliphatic heterocycles. The Morgan fingerprint density at radius 1 is 0.933 bits per heavy atom. The molecule has 4 aliphatic carbocycles. The number of hydrogen-bond acceptors (Lipinski definition) is 2. The van der Waals surface area contributed by atoms with Crippen molar-refractivity contribution >= 4 is 10.0 Å². The van der Waals surface area contributed by atoms with Crippen LogP contribution >= 0.6 is 0 Å². The van der Waals surface area contributed by atoms with Crippen molar-refractivity contribution in [3.05, 3.63) is 0 Å². The summed E-state index contributed by atoms with van der Waals surface area (Å²) in [6, 6.07) is 0. The lowest BCUT2D eigenvalue weighted by Crippen LogP contribution is -2.50. The molecule has 15 heavy (non-hydrogen) atoms. The third-order valence-corrected chi connectivity index (χ3v) is 7.24. The fourth-order valence-electron chi connectivity index (χ4n) is 4.16. The van der Waals surface area contributed by atoms with Gasteiger partial charge in [-0.3, -0.25) is 0 Å². The van der Waals surface area contributed by atoms with E-state index in [1.165, 1.54) is 19.3 Å². The highest BCUT2D eigenvalue weighted by atomic mass is 32.2. The Bertz CT molecular complexity index is 362. The Labute approximate surface area is 91.5 Å². The second-order valence-corrected chi connectivity index (χ2v) is 7.67. The standard InChI is InChI=1S/C11H19NO2S/c12-15(13,14)11(7-8-11)10-4-1-9(2-5-10)3-6-10/h9H,1-8H2,(H2,12,13,14). The zero-order chi connectivity index (χ0) is 10.7. The van der Waals surface area contributed by atoms with Gasteiger partial charge in [-0.25, -0.2) is 13.6 Å². The predicted octanol–water partition coefficient (Wildman–Crippen LogP) is 1.78. The third kappa shape index (κ3) is 1.18. The predicted molar refractivity (Wildman–Crippen MR) is 58.7 cm³/mol. The maximum atomic E-state index is 11.8. The first-order valence-corrected chi connectivity index (χ1v) is 7.56. The Kier molecular flexibility index (Phi) is 1.87. The summed E-state index contributed by atoms with van der Waals surface area (Å²) in [6.07, 6.45) is 8.65. The van der Waals surface area contributed by atoms with Gasteiger partial charge in [0.2, 0.25) is 10.0 Å².